The van der Waals surface area contributed by atoms with Crippen molar-refractivity contribution in [2.24, 2.45) is 11.8 Å². The highest BCUT2D eigenvalue weighted by molar-refractivity contribution is 7.92. The van der Waals surface area contributed by atoms with E-state index in [1.54, 1.807) is 6.92 Å². The first kappa shape index (κ1) is 29.3. The number of sulfone groups is 1. The van der Waals surface area contributed by atoms with Crippen LogP contribution in [-0.4, -0.2) is 53.9 Å². The zero-order chi connectivity index (χ0) is 28.7. The summed E-state index contributed by atoms with van der Waals surface area (Å²) in [5.74, 6) is -6.94. The van der Waals surface area contributed by atoms with E-state index >= 15 is 0 Å². The van der Waals surface area contributed by atoms with Gasteiger partial charge in [0, 0.05) is 29.4 Å². The fourth-order valence-corrected chi connectivity index (χ4v) is 8.06. The number of hydrogen-bond donors (Lipinski definition) is 4. The molecular weight excluding hydrogens is 561 g/mol. The lowest BCUT2D eigenvalue weighted by atomic mass is 9.72. The average molecular weight is 589 g/mol. The van der Waals surface area contributed by atoms with Gasteiger partial charge in [-0.25, -0.2) is 21.6 Å². The van der Waals surface area contributed by atoms with E-state index in [4.69, 9.17) is 16.7 Å². The van der Waals surface area contributed by atoms with Gasteiger partial charge >= 0.3 is 0 Å². The molecule has 2 bridgehead atoms. The van der Waals surface area contributed by atoms with Crippen LogP contribution in [0, 0.1) is 29.3 Å². The number of fused-ring (bicyclic) bond motifs is 2. The molecule has 2 aromatic rings. The highest BCUT2D eigenvalue weighted by atomic mass is 35.5. The molecule has 2 aliphatic carbocycles. The van der Waals surface area contributed by atoms with Crippen LogP contribution in [0.1, 0.15) is 49.4 Å². The van der Waals surface area contributed by atoms with Crippen LogP contribution < -0.4 is 10.6 Å². The maximum Gasteiger partial charge on any atom is 0.255 e. The van der Waals surface area contributed by atoms with Crippen LogP contribution in [0.5, 0.6) is 0 Å². The van der Waals surface area contributed by atoms with Gasteiger partial charge < -0.3 is 20.8 Å². The first-order valence-corrected chi connectivity index (χ1v) is 14.3. The largest absolute Gasteiger partial charge is 0.394 e. The number of rotatable bonds is 8. The third kappa shape index (κ3) is 5.79. The third-order valence-corrected chi connectivity index (χ3v) is 10.3. The summed E-state index contributed by atoms with van der Waals surface area (Å²) >= 11 is 6.22. The summed E-state index contributed by atoms with van der Waals surface area (Å²) in [7, 11) is -4.09. The molecule has 39 heavy (non-hydrogen) atoms. The highest BCUT2D eigenvalue weighted by Gasteiger charge is 2.56. The summed E-state index contributed by atoms with van der Waals surface area (Å²) in [6, 6.07) is 4.22. The van der Waals surface area contributed by atoms with E-state index in [2.05, 4.69) is 10.6 Å². The van der Waals surface area contributed by atoms with Crippen molar-refractivity contribution in [3.63, 3.8) is 0 Å². The number of aliphatic hydroxyl groups is 2. The molecule has 2 aliphatic rings. The van der Waals surface area contributed by atoms with Crippen molar-refractivity contribution < 1.29 is 41.4 Å². The highest BCUT2D eigenvalue weighted by Crippen LogP contribution is 2.53. The SMILES string of the molecule is CC(CO)NC(=O)CC1(O)C2CCC1CC(S(=O)(=O)c1cc(C(=O)Nc3cc(F)c(F)c(F)c3)ccc1Cl)C2. The molecule has 3 unspecified atom stereocenters. The first-order valence-electron chi connectivity index (χ1n) is 12.4. The summed E-state index contributed by atoms with van der Waals surface area (Å²) in [4.78, 5) is 24.8. The number of nitrogens with one attached hydrogen (secondary N) is 2. The van der Waals surface area contributed by atoms with Crippen LogP contribution in [-0.2, 0) is 14.6 Å². The van der Waals surface area contributed by atoms with E-state index in [0.29, 0.717) is 25.0 Å². The maximum absolute atomic E-state index is 13.7. The van der Waals surface area contributed by atoms with E-state index in [1.807, 2.05) is 0 Å². The molecule has 0 aromatic heterocycles. The lowest BCUT2D eigenvalue weighted by molar-refractivity contribution is -0.133. The number of benzene rings is 2. The summed E-state index contributed by atoms with van der Waals surface area (Å²) < 4.78 is 67.6. The van der Waals surface area contributed by atoms with Crippen molar-refractivity contribution in [1.82, 2.24) is 5.32 Å². The molecule has 2 aromatic carbocycles. The smallest absolute Gasteiger partial charge is 0.255 e. The normalized spacial score (nSPS) is 25.3. The summed E-state index contributed by atoms with van der Waals surface area (Å²) in [6.45, 7) is 1.36. The zero-order valence-corrected chi connectivity index (χ0v) is 22.5. The predicted octanol–water partition coefficient (Wildman–Crippen LogP) is 3.59. The molecule has 8 nitrogen and oxygen atoms in total. The van der Waals surface area contributed by atoms with E-state index < -0.39 is 67.8 Å². The van der Waals surface area contributed by atoms with Gasteiger partial charge in [-0.1, -0.05) is 11.6 Å². The van der Waals surface area contributed by atoms with Gasteiger partial charge in [-0.15, -0.1) is 0 Å². The van der Waals surface area contributed by atoms with Gasteiger partial charge in [0.1, 0.15) is 0 Å². The molecule has 0 radical (unpaired) electrons. The van der Waals surface area contributed by atoms with Crippen LogP contribution >= 0.6 is 11.6 Å². The van der Waals surface area contributed by atoms with Crippen LogP contribution in [0.4, 0.5) is 18.9 Å². The second kappa shape index (κ2) is 11.1. The lowest BCUT2D eigenvalue weighted by Crippen LogP contribution is -2.51. The number of amides is 2. The van der Waals surface area contributed by atoms with Gasteiger partial charge in [0.05, 0.1) is 33.8 Å². The second-order valence-electron chi connectivity index (χ2n) is 10.3. The minimum absolute atomic E-state index is 0.0824. The van der Waals surface area contributed by atoms with Gasteiger partial charge in [0.2, 0.25) is 5.91 Å². The number of anilines is 1. The van der Waals surface area contributed by atoms with Crippen LogP contribution in [0.15, 0.2) is 35.2 Å². The topological polar surface area (TPSA) is 133 Å². The minimum atomic E-state index is -4.09. The molecule has 2 fully saturated rings. The number of hydrogen-bond acceptors (Lipinski definition) is 6. The Bertz CT molecular complexity index is 1370. The van der Waals surface area contributed by atoms with Crippen molar-refractivity contribution in [1.29, 1.82) is 0 Å². The molecule has 0 spiro atoms. The Hall–Kier alpha value is -2.67. The number of aliphatic hydroxyl groups excluding tert-OH is 1. The number of carbonyl (C=O) groups excluding carboxylic acids is 2. The molecule has 2 amide bonds. The van der Waals surface area contributed by atoms with Gasteiger partial charge in [0.25, 0.3) is 5.91 Å². The van der Waals surface area contributed by atoms with E-state index in [-0.39, 0.29) is 47.0 Å². The molecule has 212 valence electrons. The summed E-state index contributed by atoms with van der Waals surface area (Å²) in [5.41, 5.74) is -1.90. The minimum Gasteiger partial charge on any atom is -0.394 e. The van der Waals surface area contributed by atoms with Crippen molar-refractivity contribution in [2.75, 3.05) is 11.9 Å². The van der Waals surface area contributed by atoms with Crippen LogP contribution in [0.3, 0.4) is 0 Å². The fraction of sp³-hybridized carbons (Fsp3) is 0.462. The Balaban J connectivity index is 1.53. The average Bonchev–Trinajstić information content (AvgIpc) is 3.02. The van der Waals surface area contributed by atoms with Crippen LogP contribution in [0.25, 0.3) is 0 Å². The first-order chi connectivity index (χ1) is 18.3. The van der Waals surface area contributed by atoms with Crippen molar-refractivity contribution >= 4 is 38.9 Å². The maximum atomic E-state index is 13.7. The van der Waals surface area contributed by atoms with Crippen LogP contribution in [0.2, 0.25) is 5.02 Å². The van der Waals surface area contributed by atoms with Gasteiger partial charge in [-0.05, 0) is 62.6 Å². The van der Waals surface area contributed by atoms with Gasteiger partial charge in [-0.3, -0.25) is 9.59 Å². The van der Waals surface area contributed by atoms with Crippen molar-refractivity contribution in [2.45, 2.75) is 60.8 Å². The van der Waals surface area contributed by atoms with E-state index in [9.17, 15) is 36.3 Å². The molecule has 0 saturated heterocycles. The zero-order valence-electron chi connectivity index (χ0n) is 20.9. The predicted molar refractivity (Wildman–Crippen MR) is 136 cm³/mol. The Labute approximate surface area is 228 Å². The molecule has 4 N–H and O–H groups in total. The van der Waals surface area contributed by atoms with Crippen molar-refractivity contribution in [3.8, 4) is 0 Å². The van der Waals surface area contributed by atoms with E-state index in [0.717, 1.165) is 6.07 Å². The quantitative estimate of drug-likeness (QED) is 0.349. The van der Waals surface area contributed by atoms with Gasteiger partial charge in [0.15, 0.2) is 27.3 Å². The molecule has 0 aliphatic heterocycles. The number of carbonyl (C=O) groups is 2. The molecular formula is C26H28ClF3N2O6S. The summed E-state index contributed by atoms with van der Waals surface area (Å²) in [5, 5.41) is 24.3. The van der Waals surface area contributed by atoms with E-state index in [1.165, 1.54) is 12.1 Å². The fourth-order valence-electron chi connectivity index (χ4n) is 5.65. The molecule has 4 rings (SSSR count). The molecule has 13 heteroatoms. The molecule has 3 atom stereocenters. The Morgan fingerprint density at radius 1 is 1.10 bits per heavy atom. The Morgan fingerprint density at radius 3 is 2.26 bits per heavy atom. The monoisotopic (exact) mass is 588 g/mol. The number of halogens is 4. The summed E-state index contributed by atoms with van der Waals surface area (Å²) in [6.07, 6.45) is 1.03. The standard InChI is InChI=1S/C26H28ClF3N2O6S/c1-13(12-33)31-23(34)11-26(36)15-3-4-16(26)8-18(7-15)39(37,38)22-6-14(2-5-19(22)27)25(35)32-17-9-20(28)24(30)21(29)10-17/h2,5-6,9-10,13,15-16,18,33,36H,3-4,7-8,11-12H2,1H3,(H,31,34)(H,32,35). The second-order valence-corrected chi connectivity index (χ2v) is 12.9. The Kier molecular flexibility index (Phi) is 8.32. The van der Waals surface area contributed by atoms with Gasteiger partial charge in [-0.2, -0.15) is 0 Å². The third-order valence-electron chi connectivity index (χ3n) is 7.68. The molecule has 2 saturated carbocycles. The lowest BCUT2D eigenvalue weighted by Gasteiger charge is -2.42. The Morgan fingerprint density at radius 2 is 1.69 bits per heavy atom. The van der Waals surface area contributed by atoms with Crippen molar-refractivity contribution in [3.05, 3.63) is 58.4 Å². The molecule has 0 heterocycles.